The van der Waals surface area contributed by atoms with E-state index in [0.717, 1.165) is 18.3 Å². The molecule has 2 atom stereocenters. The molecular formula is C11H13Br2NO2. The van der Waals surface area contributed by atoms with Crippen LogP contribution in [0.25, 0.3) is 0 Å². The Bertz CT molecular complexity index is 391. The lowest BCUT2D eigenvalue weighted by atomic mass is 10.1. The first-order valence-electron chi connectivity index (χ1n) is 5.25. The Morgan fingerprint density at radius 1 is 1.69 bits per heavy atom. The fraction of sp³-hybridized carbons (Fsp3) is 0.545. The highest BCUT2D eigenvalue weighted by Crippen LogP contribution is 2.29. The zero-order valence-corrected chi connectivity index (χ0v) is 12.1. The van der Waals surface area contributed by atoms with E-state index < -0.39 is 0 Å². The molecular weight excluding hydrogens is 338 g/mol. The predicted octanol–water partition coefficient (Wildman–Crippen LogP) is 3.29. The molecule has 2 heterocycles. The van der Waals surface area contributed by atoms with Crippen LogP contribution in [0.5, 0.6) is 0 Å². The van der Waals surface area contributed by atoms with Crippen LogP contribution in [0.15, 0.2) is 21.4 Å². The zero-order valence-electron chi connectivity index (χ0n) is 8.95. The molecule has 1 fully saturated rings. The van der Waals surface area contributed by atoms with Gasteiger partial charge in [0.1, 0.15) is 0 Å². The summed E-state index contributed by atoms with van der Waals surface area (Å²) in [6.07, 6.45) is 2.59. The van der Waals surface area contributed by atoms with E-state index in [2.05, 4.69) is 38.8 Å². The number of hydrogen-bond donors (Lipinski definition) is 0. The summed E-state index contributed by atoms with van der Waals surface area (Å²) in [5.74, 6) is 0.600. The van der Waals surface area contributed by atoms with Gasteiger partial charge in [0.05, 0.1) is 11.8 Å². The van der Waals surface area contributed by atoms with E-state index in [4.69, 9.17) is 4.42 Å². The minimum atomic E-state index is 0.0504. The Hall–Kier alpha value is -0.290. The molecule has 0 saturated carbocycles. The van der Waals surface area contributed by atoms with Gasteiger partial charge in [-0.2, -0.15) is 0 Å². The second kappa shape index (κ2) is 4.92. The molecule has 1 aliphatic rings. The molecule has 5 heteroatoms. The van der Waals surface area contributed by atoms with Gasteiger partial charge in [0.2, 0.25) is 0 Å². The molecule has 1 aliphatic heterocycles. The lowest BCUT2D eigenvalue weighted by Crippen LogP contribution is -2.38. The third kappa shape index (κ3) is 2.07. The summed E-state index contributed by atoms with van der Waals surface area (Å²) >= 11 is 6.72. The molecule has 16 heavy (non-hydrogen) atoms. The molecule has 3 nitrogen and oxygen atoms in total. The minimum absolute atomic E-state index is 0.0504. The van der Waals surface area contributed by atoms with E-state index >= 15 is 0 Å². The minimum Gasteiger partial charge on any atom is -0.457 e. The summed E-state index contributed by atoms with van der Waals surface area (Å²) < 4.78 is 5.62. The van der Waals surface area contributed by atoms with Gasteiger partial charge in [-0.05, 0) is 34.3 Å². The van der Waals surface area contributed by atoms with Gasteiger partial charge in [0, 0.05) is 17.9 Å². The Morgan fingerprint density at radius 2 is 2.44 bits per heavy atom. The summed E-state index contributed by atoms with van der Waals surface area (Å²) in [7, 11) is 0. The van der Waals surface area contributed by atoms with E-state index in [1.54, 1.807) is 6.07 Å². The van der Waals surface area contributed by atoms with Gasteiger partial charge in [-0.25, -0.2) is 0 Å². The number of hydrogen-bond acceptors (Lipinski definition) is 2. The molecule has 88 valence electrons. The fourth-order valence-corrected chi connectivity index (χ4v) is 3.49. The standard InChI is InChI=1S/C11H13Br2NO2/c1-7-2-4-14(9(7)6-12)11(15)8-3-5-16-10(8)13/h3,5,7,9H,2,4,6H2,1H3. The van der Waals surface area contributed by atoms with E-state index in [9.17, 15) is 4.79 Å². The van der Waals surface area contributed by atoms with Crippen LogP contribution >= 0.6 is 31.9 Å². The first-order chi connectivity index (χ1) is 7.65. The van der Waals surface area contributed by atoms with Crippen molar-refractivity contribution < 1.29 is 9.21 Å². The second-order valence-corrected chi connectivity index (χ2v) is 5.46. The lowest BCUT2D eigenvalue weighted by Gasteiger charge is -2.24. The second-order valence-electron chi connectivity index (χ2n) is 4.09. The molecule has 0 radical (unpaired) electrons. The largest absolute Gasteiger partial charge is 0.457 e. The van der Waals surface area contributed by atoms with Crippen molar-refractivity contribution in [1.82, 2.24) is 4.90 Å². The molecule has 0 spiro atoms. The van der Waals surface area contributed by atoms with E-state index in [0.29, 0.717) is 16.2 Å². The number of halogens is 2. The summed E-state index contributed by atoms with van der Waals surface area (Å²) in [6, 6.07) is 2.00. The first-order valence-corrected chi connectivity index (χ1v) is 7.16. The molecule has 0 aromatic carbocycles. The highest BCUT2D eigenvalue weighted by molar-refractivity contribution is 9.10. The maximum absolute atomic E-state index is 12.3. The third-order valence-electron chi connectivity index (χ3n) is 3.15. The molecule has 1 amide bonds. The normalized spacial score (nSPS) is 25.1. The Balaban J connectivity index is 2.20. The molecule has 2 unspecified atom stereocenters. The number of alkyl halides is 1. The van der Waals surface area contributed by atoms with E-state index in [1.807, 2.05) is 4.90 Å². The third-order valence-corrected chi connectivity index (χ3v) is 4.43. The Kier molecular flexibility index (Phi) is 3.74. The summed E-state index contributed by atoms with van der Waals surface area (Å²) in [6.45, 7) is 3.01. The number of rotatable bonds is 2. The lowest BCUT2D eigenvalue weighted by molar-refractivity contribution is 0.0736. The van der Waals surface area contributed by atoms with Crippen molar-refractivity contribution in [3.8, 4) is 0 Å². The van der Waals surface area contributed by atoms with E-state index in [-0.39, 0.29) is 11.9 Å². The fourth-order valence-electron chi connectivity index (χ4n) is 2.10. The SMILES string of the molecule is CC1CCN(C(=O)c2ccoc2Br)C1CBr. The van der Waals surface area contributed by atoms with Gasteiger partial charge < -0.3 is 9.32 Å². The number of likely N-dealkylation sites (tertiary alicyclic amines) is 1. The van der Waals surface area contributed by atoms with Gasteiger partial charge in [-0.3, -0.25) is 4.79 Å². The van der Waals surface area contributed by atoms with Gasteiger partial charge in [0.25, 0.3) is 5.91 Å². The predicted molar refractivity (Wildman–Crippen MR) is 68.8 cm³/mol. The van der Waals surface area contributed by atoms with Crippen molar-refractivity contribution in [3.63, 3.8) is 0 Å². The average molecular weight is 351 g/mol. The van der Waals surface area contributed by atoms with Gasteiger partial charge >= 0.3 is 0 Å². The van der Waals surface area contributed by atoms with Gasteiger partial charge in [-0.15, -0.1) is 0 Å². The number of nitrogens with zero attached hydrogens (tertiary/aromatic N) is 1. The van der Waals surface area contributed by atoms with Crippen LogP contribution in [0.3, 0.4) is 0 Å². The van der Waals surface area contributed by atoms with Gasteiger partial charge in [0.15, 0.2) is 4.67 Å². The molecule has 1 aromatic rings. The highest BCUT2D eigenvalue weighted by atomic mass is 79.9. The van der Waals surface area contributed by atoms with E-state index in [1.165, 1.54) is 6.26 Å². The van der Waals surface area contributed by atoms with Crippen LogP contribution in [-0.4, -0.2) is 28.7 Å². The zero-order chi connectivity index (χ0) is 11.7. The number of carbonyl (C=O) groups is 1. The van der Waals surface area contributed by atoms with Crippen molar-refractivity contribution >= 4 is 37.8 Å². The van der Waals surface area contributed by atoms with Crippen LogP contribution in [0, 0.1) is 5.92 Å². The molecule has 0 aliphatic carbocycles. The van der Waals surface area contributed by atoms with Crippen molar-refractivity contribution in [2.75, 3.05) is 11.9 Å². The van der Waals surface area contributed by atoms with Crippen molar-refractivity contribution in [3.05, 3.63) is 22.6 Å². The highest BCUT2D eigenvalue weighted by Gasteiger charge is 2.34. The van der Waals surface area contributed by atoms with Crippen LogP contribution in [0.2, 0.25) is 0 Å². The molecule has 1 aromatic heterocycles. The summed E-state index contributed by atoms with van der Waals surface area (Å²) in [5, 5.41) is 0.829. The number of carbonyl (C=O) groups excluding carboxylic acids is 1. The molecule has 0 bridgehead atoms. The monoisotopic (exact) mass is 349 g/mol. The van der Waals surface area contributed by atoms with Crippen LogP contribution in [-0.2, 0) is 0 Å². The van der Waals surface area contributed by atoms with Crippen molar-refractivity contribution in [2.45, 2.75) is 19.4 Å². The maximum atomic E-state index is 12.3. The van der Waals surface area contributed by atoms with Crippen molar-refractivity contribution in [2.24, 2.45) is 5.92 Å². The smallest absolute Gasteiger partial charge is 0.258 e. The van der Waals surface area contributed by atoms with Crippen LogP contribution < -0.4 is 0 Å². The maximum Gasteiger partial charge on any atom is 0.258 e. The van der Waals surface area contributed by atoms with Gasteiger partial charge in [-0.1, -0.05) is 22.9 Å². The van der Waals surface area contributed by atoms with Crippen molar-refractivity contribution in [1.29, 1.82) is 0 Å². The topological polar surface area (TPSA) is 33.5 Å². The molecule has 2 rings (SSSR count). The first kappa shape index (κ1) is 12.2. The quantitative estimate of drug-likeness (QED) is 0.767. The number of furan rings is 1. The summed E-state index contributed by atoms with van der Waals surface area (Å²) in [4.78, 5) is 14.2. The summed E-state index contributed by atoms with van der Waals surface area (Å²) in [5.41, 5.74) is 0.611. The average Bonchev–Trinajstić information content (AvgIpc) is 2.83. The molecule has 0 N–H and O–H groups in total. The van der Waals surface area contributed by atoms with Crippen LogP contribution in [0.1, 0.15) is 23.7 Å². The Morgan fingerprint density at radius 3 is 3.00 bits per heavy atom. The number of amides is 1. The Labute approximate surface area is 111 Å². The van der Waals surface area contributed by atoms with Crippen LogP contribution in [0.4, 0.5) is 0 Å². The molecule has 1 saturated heterocycles.